The maximum Gasteiger partial charge on any atom is 0.240 e. The zero-order valence-corrected chi connectivity index (χ0v) is 12.2. The van der Waals surface area contributed by atoms with Gasteiger partial charge in [0, 0.05) is 18.2 Å². The van der Waals surface area contributed by atoms with Crippen LogP contribution in [0.4, 0.5) is 0 Å². The number of thiocarbonyl (C=S) groups is 1. The Balaban J connectivity index is 2.25. The molecule has 1 atom stereocenters. The molecule has 19 heavy (non-hydrogen) atoms. The van der Waals surface area contributed by atoms with Gasteiger partial charge in [0.15, 0.2) is 0 Å². The monoisotopic (exact) mass is 300 g/mol. The predicted octanol–water partition coefficient (Wildman–Crippen LogP) is 0.696. The Morgan fingerprint density at radius 1 is 1.53 bits per heavy atom. The third-order valence-electron chi connectivity index (χ3n) is 3.03. The van der Waals surface area contributed by atoms with Crippen LogP contribution in [-0.4, -0.2) is 32.7 Å². The predicted molar refractivity (Wildman–Crippen MR) is 76.6 cm³/mol. The van der Waals surface area contributed by atoms with Crippen LogP contribution in [0, 0.1) is 6.92 Å². The van der Waals surface area contributed by atoms with E-state index in [1.54, 1.807) is 19.1 Å². The zero-order chi connectivity index (χ0) is 14.0. The van der Waals surface area contributed by atoms with Crippen molar-refractivity contribution in [2.24, 2.45) is 5.73 Å². The molecule has 0 saturated carbocycles. The summed E-state index contributed by atoms with van der Waals surface area (Å²) in [6, 6.07) is 4.57. The molecule has 1 aromatic carbocycles. The summed E-state index contributed by atoms with van der Waals surface area (Å²) in [4.78, 5) is 0.482. The first-order valence-electron chi connectivity index (χ1n) is 5.90. The number of hydrogen-bond acceptors (Lipinski definition) is 4. The lowest BCUT2D eigenvalue weighted by Gasteiger charge is -2.13. The molecule has 2 rings (SSSR count). The molecule has 104 valence electrons. The lowest BCUT2D eigenvalue weighted by Crippen LogP contribution is -2.35. The van der Waals surface area contributed by atoms with Gasteiger partial charge < -0.3 is 10.5 Å². The first kappa shape index (κ1) is 14.4. The third kappa shape index (κ3) is 3.30. The standard InChI is InChI=1S/C12H16N2O3S2/c1-8-6-10(2-3-11(8)12(13)18)19(15,16)14-9-4-5-17-7-9/h2-3,6,9,14H,4-5,7H2,1H3,(H2,13,18). The van der Waals surface area contributed by atoms with E-state index in [-0.39, 0.29) is 15.9 Å². The van der Waals surface area contributed by atoms with Crippen molar-refractivity contribution in [1.82, 2.24) is 4.72 Å². The number of aryl methyl sites for hydroxylation is 1. The largest absolute Gasteiger partial charge is 0.389 e. The molecule has 0 aliphatic carbocycles. The minimum absolute atomic E-state index is 0.152. The highest BCUT2D eigenvalue weighted by Crippen LogP contribution is 2.17. The number of nitrogens with one attached hydrogen (secondary N) is 1. The Hall–Kier alpha value is -1.02. The van der Waals surface area contributed by atoms with Crippen LogP contribution >= 0.6 is 12.2 Å². The maximum absolute atomic E-state index is 12.2. The van der Waals surface area contributed by atoms with Gasteiger partial charge >= 0.3 is 0 Å². The molecule has 1 fully saturated rings. The smallest absolute Gasteiger partial charge is 0.240 e. The highest BCUT2D eigenvalue weighted by atomic mass is 32.2. The summed E-state index contributed by atoms with van der Waals surface area (Å²) < 4.78 is 32.2. The van der Waals surface area contributed by atoms with E-state index in [0.29, 0.717) is 25.2 Å². The molecule has 0 spiro atoms. The Morgan fingerprint density at radius 2 is 2.26 bits per heavy atom. The topological polar surface area (TPSA) is 81.4 Å². The summed E-state index contributed by atoms with van der Waals surface area (Å²) >= 11 is 4.90. The Morgan fingerprint density at radius 3 is 2.79 bits per heavy atom. The van der Waals surface area contributed by atoms with Crippen LogP contribution in [0.5, 0.6) is 0 Å². The fraction of sp³-hybridized carbons (Fsp3) is 0.417. The molecule has 1 aliphatic rings. The van der Waals surface area contributed by atoms with Crippen molar-refractivity contribution >= 4 is 27.2 Å². The highest BCUT2D eigenvalue weighted by molar-refractivity contribution is 7.89. The lowest BCUT2D eigenvalue weighted by atomic mass is 10.1. The molecule has 3 N–H and O–H groups in total. The summed E-state index contributed by atoms with van der Waals surface area (Å²) in [7, 11) is -3.52. The summed E-state index contributed by atoms with van der Waals surface area (Å²) in [6.07, 6.45) is 0.698. The van der Waals surface area contributed by atoms with E-state index in [1.165, 1.54) is 6.07 Å². The van der Waals surface area contributed by atoms with E-state index in [1.807, 2.05) is 0 Å². The molecule has 7 heteroatoms. The average molecular weight is 300 g/mol. The SMILES string of the molecule is Cc1cc(S(=O)(=O)NC2CCOC2)ccc1C(N)=S. The van der Waals surface area contributed by atoms with Gasteiger partial charge in [-0.3, -0.25) is 0 Å². The van der Waals surface area contributed by atoms with Crippen LogP contribution in [0.1, 0.15) is 17.5 Å². The van der Waals surface area contributed by atoms with E-state index in [0.717, 1.165) is 5.56 Å². The molecule has 0 bridgehead atoms. The van der Waals surface area contributed by atoms with E-state index < -0.39 is 10.0 Å². The van der Waals surface area contributed by atoms with Crippen LogP contribution in [-0.2, 0) is 14.8 Å². The zero-order valence-electron chi connectivity index (χ0n) is 10.5. The van der Waals surface area contributed by atoms with Crippen molar-refractivity contribution in [3.8, 4) is 0 Å². The first-order valence-corrected chi connectivity index (χ1v) is 7.80. The van der Waals surface area contributed by atoms with Gasteiger partial charge in [-0.1, -0.05) is 18.3 Å². The summed E-state index contributed by atoms with van der Waals surface area (Å²) in [5, 5.41) is 0. The molecule has 1 aromatic rings. The van der Waals surface area contributed by atoms with Gasteiger partial charge in [0.2, 0.25) is 10.0 Å². The molecule has 5 nitrogen and oxygen atoms in total. The molecule has 1 heterocycles. The number of hydrogen-bond donors (Lipinski definition) is 2. The molecular formula is C12H16N2O3S2. The molecule has 1 saturated heterocycles. The van der Waals surface area contributed by atoms with Crippen molar-refractivity contribution in [3.63, 3.8) is 0 Å². The van der Waals surface area contributed by atoms with E-state index in [2.05, 4.69) is 4.72 Å². The van der Waals surface area contributed by atoms with Gasteiger partial charge in [0.25, 0.3) is 0 Å². The highest BCUT2D eigenvalue weighted by Gasteiger charge is 2.23. The second-order valence-electron chi connectivity index (χ2n) is 4.52. The molecular weight excluding hydrogens is 284 g/mol. The molecule has 0 amide bonds. The van der Waals surface area contributed by atoms with Crippen molar-refractivity contribution in [3.05, 3.63) is 29.3 Å². The molecule has 1 aliphatic heterocycles. The van der Waals surface area contributed by atoms with Crippen LogP contribution in [0.25, 0.3) is 0 Å². The number of benzene rings is 1. The van der Waals surface area contributed by atoms with Crippen molar-refractivity contribution in [1.29, 1.82) is 0 Å². The Kier molecular flexibility index (Phi) is 4.19. The summed E-state index contributed by atoms with van der Waals surface area (Å²) in [5.41, 5.74) is 7.00. The minimum Gasteiger partial charge on any atom is -0.389 e. The molecule has 0 radical (unpaired) electrons. The van der Waals surface area contributed by atoms with Gasteiger partial charge in [0.05, 0.1) is 11.5 Å². The van der Waals surface area contributed by atoms with Crippen LogP contribution in [0.2, 0.25) is 0 Å². The first-order chi connectivity index (χ1) is 8.90. The molecule has 1 unspecified atom stereocenters. The van der Waals surface area contributed by atoms with E-state index >= 15 is 0 Å². The lowest BCUT2D eigenvalue weighted by molar-refractivity contribution is 0.192. The van der Waals surface area contributed by atoms with E-state index in [9.17, 15) is 8.42 Å². The quantitative estimate of drug-likeness (QED) is 0.800. The fourth-order valence-corrected chi connectivity index (χ4v) is 3.56. The van der Waals surface area contributed by atoms with Gasteiger partial charge in [-0.15, -0.1) is 0 Å². The summed E-state index contributed by atoms with van der Waals surface area (Å²) in [6.45, 7) is 2.79. The summed E-state index contributed by atoms with van der Waals surface area (Å²) in [5.74, 6) is 0. The van der Waals surface area contributed by atoms with Gasteiger partial charge in [-0.2, -0.15) is 0 Å². The van der Waals surface area contributed by atoms with E-state index in [4.69, 9.17) is 22.7 Å². The maximum atomic E-state index is 12.2. The normalized spacial score (nSPS) is 19.5. The average Bonchev–Trinajstić information content (AvgIpc) is 2.80. The van der Waals surface area contributed by atoms with Gasteiger partial charge in [-0.05, 0) is 31.0 Å². The van der Waals surface area contributed by atoms with Crippen molar-refractivity contribution in [2.75, 3.05) is 13.2 Å². The van der Waals surface area contributed by atoms with Crippen molar-refractivity contribution < 1.29 is 13.2 Å². The Labute approximate surface area is 118 Å². The minimum atomic E-state index is -3.52. The second-order valence-corrected chi connectivity index (χ2v) is 6.68. The number of sulfonamides is 1. The van der Waals surface area contributed by atoms with Gasteiger partial charge in [0.1, 0.15) is 4.99 Å². The Bertz CT molecular complexity index is 593. The van der Waals surface area contributed by atoms with Crippen LogP contribution in [0.15, 0.2) is 23.1 Å². The molecule has 0 aromatic heterocycles. The second kappa shape index (κ2) is 5.54. The number of ether oxygens (including phenoxy) is 1. The fourth-order valence-electron chi connectivity index (χ4n) is 1.99. The van der Waals surface area contributed by atoms with Crippen LogP contribution in [0.3, 0.4) is 0 Å². The van der Waals surface area contributed by atoms with Gasteiger partial charge in [-0.25, -0.2) is 13.1 Å². The van der Waals surface area contributed by atoms with Crippen LogP contribution < -0.4 is 10.5 Å². The third-order valence-corrected chi connectivity index (χ3v) is 4.76. The number of rotatable bonds is 4. The van der Waals surface area contributed by atoms with Crippen molar-refractivity contribution in [2.45, 2.75) is 24.3 Å². The number of nitrogens with two attached hydrogens (primary N) is 1.